The molecular weight excluding hydrogens is 134 g/mol. The maximum Gasteiger partial charge on any atom is 0.290 e. The highest BCUT2D eigenvalue weighted by Crippen LogP contribution is 2.01. The number of nitrogens with two attached hydrogens (primary N) is 1. The molecule has 0 bridgehead atoms. The highest BCUT2D eigenvalue weighted by Gasteiger charge is 2.16. The van der Waals surface area contributed by atoms with E-state index in [-0.39, 0.29) is 6.47 Å². The molecule has 0 spiro atoms. The third kappa shape index (κ3) is 10.4. The fourth-order valence-corrected chi connectivity index (χ4v) is 0. The van der Waals surface area contributed by atoms with E-state index >= 15 is 0 Å². The van der Waals surface area contributed by atoms with Crippen LogP contribution in [-0.4, -0.2) is 28.3 Å². The van der Waals surface area contributed by atoms with Crippen molar-refractivity contribution in [1.82, 2.24) is 0 Å². The summed E-state index contributed by atoms with van der Waals surface area (Å²) in [5.41, 5.74) is 4.98. The average Bonchev–Trinajstić information content (AvgIpc) is 1.64. The molecular formula is C6H15NO3. The summed E-state index contributed by atoms with van der Waals surface area (Å²) in [6.07, 6.45) is -0.424. The lowest BCUT2D eigenvalue weighted by Gasteiger charge is -2.21. The van der Waals surface area contributed by atoms with Gasteiger partial charge in [-0.05, 0) is 20.8 Å². The maximum atomic E-state index is 8.76. The van der Waals surface area contributed by atoms with E-state index in [1.54, 1.807) is 20.8 Å². The number of aliphatic hydroxyl groups is 1. The second kappa shape index (κ2) is 5.20. The van der Waals surface area contributed by atoms with Crippen LogP contribution in [0, 0.1) is 0 Å². The predicted octanol–water partition coefficient (Wildman–Crippen LogP) is -0.195. The van der Waals surface area contributed by atoms with Crippen LogP contribution in [0.2, 0.25) is 0 Å². The quantitative estimate of drug-likeness (QED) is 0.451. The molecule has 0 saturated carbocycles. The third-order valence-electron chi connectivity index (χ3n) is 1.08. The summed E-state index contributed by atoms with van der Waals surface area (Å²) >= 11 is 0. The summed E-state index contributed by atoms with van der Waals surface area (Å²) in [6, 6.07) is 0. The first-order valence-electron chi connectivity index (χ1n) is 2.91. The summed E-state index contributed by atoms with van der Waals surface area (Å²) < 4.78 is 0. The Bertz CT molecular complexity index is 85.5. The molecule has 0 radical (unpaired) electrons. The van der Waals surface area contributed by atoms with E-state index in [0.29, 0.717) is 0 Å². The maximum absolute atomic E-state index is 8.76. The van der Waals surface area contributed by atoms with Gasteiger partial charge in [0.15, 0.2) is 0 Å². The first kappa shape index (κ1) is 12.1. The lowest BCUT2D eigenvalue weighted by molar-refractivity contribution is -0.122. The van der Waals surface area contributed by atoms with Crippen molar-refractivity contribution in [3.05, 3.63) is 0 Å². The van der Waals surface area contributed by atoms with Crippen LogP contribution < -0.4 is 5.73 Å². The molecule has 0 fully saturated rings. The Labute approximate surface area is 60.7 Å². The second-order valence-corrected chi connectivity index (χ2v) is 2.60. The van der Waals surface area contributed by atoms with Gasteiger partial charge >= 0.3 is 0 Å². The number of hydrogen-bond acceptors (Lipinski definition) is 3. The van der Waals surface area contributed by atoms with Crippen molar-refractivity contribution in [1.29, 1.82) is 0 Å². The van der Waals surface area contributed by atoms with Gasteiger partial charge in [0.05, 0.1) is 6.10 Å². The molecule has 0 aliphatic heterocycles. The van der Waals surface area contributed by atoms with Crippen LogP contribution in [0.25, 0.3) is 0 Å². The van der Waals surface area contributed by atoms with Gasteiger partial charge in [0, 0.05) is 5.54 Å². The fourth-order valence-electron chi connectivity index (χ4n) is 0. The number of aliphatic hydroxyl groups excluding tert-OH is 1. The highest BCUT2D eigenvalue weighted by molar-refractivity contribution is 5.32. The Kier molecular flexibility index (Phi) is 6.29. The van der Waals surface area contributed by atoms with E-state index in [9.17, 15) is 0 Å². The van der Waals surface area contributed by atoms with E-state index in [1.807, 2.05) is 0 Å². The number of carboxylic acid groups (broad SMARTS) is 1. The Morgan fingerprint density at radius 3 is 1.70 bits per heavy atom. The molecule has 10 heavy (non-hydrogen) atoms. The van der Waals surface area contributed by atoms with Crippen molar-refractivity contribution >= 4 is 6.47 Å². The van der Waals surface area contributed by atoms with E-state index in [4.69, 9.17) is 20.7 Å². The van der Waals surface area contributed by atoms with Crippen LogP contribution in [0.4, 0.5) is 0 Å². The molecule has 0 rings (SSSR count). The minimum absolute atomic E-state index is 0.250. The first-order valence-corrected chi connectivity index (χ1v) is 2.91. The van der Waals surface area contributed by atoms with Crippen LogP contribution in [-0.2, 0) is 4.79 Å². The van der Waals surface area contributed by atoms with Gasteiger partial charge in [-0.1, -0.05) is 0 Å². The number of carbonyl (C=O) groups is 1. The minimum Gasteiger partial charge on any atom is -0.483 e. The van der Waals surface area contributed by atoms with Crippen LogP contribution >= 0.6 is 0 Å². The Morgan fingerprint density at radius 2 is 1.70 bits per heavy atom. The SMILES string of the molecule is CC(O)C(C)(C)N.O=CO. The van der Waals surface area contributed by atoms with E-state index < -0.39 is 11.6 Å². The van der Waals surface area contributed by atoms with Crippen molar-refractivity contribution in [2.24, 2.45) is 5.73 Å². The first-order chi connectivity index (χ1) is 4.36. The average molecular weight is 149 g/mol. The molecule has 0 aliphatic rings. The molecule has 0 amide bonds. The molecule has 1 atom stereocenters. The summed E-state index contributed by atoms with van der Waals surface area (Å²) in [5.74, 6) is 0. The molecule has 0 heterocycles. The number of hydrogen-bond donors (Lipinski definition) is 3. The highest BCUT2D eigenvalue weighted by atomic mass is 16.3. The van der Waals surface area contributed by atoms with Gasteiger partial charge < -0.3 is 15.9 Å². The lowest BCUT2D eigenvalue weighted by atomic mass is 10.0. The molecule has 4 N–H and O–H groups in total. The van der Waals surface area contributed by atoms with Crippen molar-refractivity contribution < 1.29 is 15.0 Å². The summed E-state index contributed by atoms with van der Waals surface area (Å²) in [6.45, 7) is 5.01. The summed E-state index contributed by atoms with van der Waals surface area (Å²) in [4.78, 5) is 8.36. The van der Waals surface area contributed by atoms with E-state index in [0.717, 1.165) is 0 Å². The molecule has 0 aromatic rings. The van der Waals surface area contributed by atoms with E-state index in [1.165, 1.54) is 0 Å². The van der Waals surface area contributed by atoms with Crippen LogP contribution in [0.3, 0.4) is 0 Å². The van der Waals surface area contributed by atoms with Crippen LogP contribution in [0.5, 0.6) is 0 Å². The normalized spacial score (nSPS) is 12.9. The third-order valence-corrected chi connectivity index (χ3v) is 1.08. The molecule has 0 saturated heterocycles. The Balaban J connectivity index is 0. The van der Waals surface area contributed by atoms with Gasteiger partial charge in [-0.25, -0.2) is 0 Å². The van der Waals surface area contributed by atoms with Gasteiger partial charge in [0.2, 0.25) is 0 Å². The molecule has 62 valence electrons. The fraction of sp³-hybridized carbons (Fsp3) is 0.833. The lowest BCUT2D eigenvalue weighted by Crippen LogP contribution is -2.43. The zero-order valence-corrected chi connectivity index (χ0v) is 6.53. The van der Waals surface area contributed by atoms with Crippen molar-refractivity contribution in [2.75, 3.05) is 0 Å². The number of rotatable bonds is 1. The van der Waals surface area contributed by atoms with Gasteiger partial charge in [0.25, 0.3) is 6.47 Å². The second-order valence-electron chi connectivity index (χ2n) is 2.60. The zero-order chi connectivity index (χ0) is 8.78. The smallest absolute Gasteiger partial charge is 0.290 e. The van der Waals surface area contributed by atoms with Crippen molar-refractivity contribution in [2.45, 2.75) is 32.4 Å². The molecule has 0 aromatic carbocycles. The van der Waals surface area contributed by atoms with Gasteiger partial charge in [-0.3, -0.25) is 4.79 Å². The molecule has 1 unspecified atom stereocenters. The largest absolute Gasteiger partial charge is 0.483 e. The molecule has 0 aromatic heterocycles. The topological polar surface area (TPSA) is 83.5 Å². The Hall–Kier alpha value is -0.610. The van der Waals surface area contributed by atoms with Gasteiger partial charge in [-0.15, -0.1) is 0 Å². The van der Waals surface area contributed by atoms with Crippen LogP contribution in [0.15, 0.2) is 0 Å². The van der Waals surface area contributed by atoms with Gasteiger partial charge in [-0.2, -0.15) is 0 Å². The van der Waals surface area contributed by atoms with Crippen LogP contribution in [0.1, 0.15) is 20.8 Å². The van der Waals surface area contributed by atoms with E-state index in [2.05, 4.69) is 0 Å². The molecule has 4 nitrogen and oxygen atoms in total. The van der Waals surface area contributed by atoms with Gasteiger partial charge in [0.1, 0.15) is 0 Å². The zero-order valence-electron chi connectivity index (χ0n) is 6.53. The molecule has 4 heteroatoms. The van der Waals surface area contributed by atoms with Crippen molar-refractivity contribution in [3.8, 4) is 0 Å². The Morgan fingerprint density at radius 1 is 1.60 bits per heavy atom. The molecule has 0 aliphatic carbocycles. The summed E-state index contributed by atoms with van der Waals surface area (Å²) in [7, 11) is 0. The monoisotopic (exact) mass is 149 g/mol. The van der Waals surface area contributed by atoms with Crippen molar-refractivity contribution in [3.63, 3.8) is 0 Å². The minimum atomic E-state index is -0.444. The summed E-state index contributed by atoms with van der Waals surface area (Å²) in [5, 5.41) is 15.7. The standard InChI is InChI=1S/C5H13NO.CH2O2/c1-4(7)5(2,3)6;2-1-3/h4,7H,6H2,1-3H3;1H,(H,2,3). The predicted molar refractivity (Wildman–Crippen MR) is 38.6 cm³/mol.